The standard InChI is InChI=1S/C52H53Cl2N7O2S/c1-31-33(3)64-51-47(31)49(55-32(2)50-57-56-34(4)61(50)51)37-10-16-41(17-11-37)59-22-20-35(21-23-59)30-58-24-26-60(27-25-58)42-14-8-36(9-15-42)48-43-18-12-39(52(62)63)28-38(43)6-5-7-45(48)44-19-13-40(53)29-46(44)54/h8-19,28-29,32,35H,5-7,20-27,30H2,1-4H3,(H,62,63)/t32-/m0/s1. The number of carboxylic acids is 1. The van der Waals surface area contributed by atoms with Gasteiger partial charge in [0.15, 0.2) is 5.82 Å². The number of piperidine rings is 1. The molecule has 10 rings (SSSR count). The number of halogens is 2. The molecule has 0 saturated carbocycles. The summed E-state index contributed by atoms with van der Waals surface area (Å²) in [5, 5.41) is 21.1. The molecule has 1 N–H and O–H groups in total. The van der Waals surface area contributed by atoms with Gasteiger partial charge in [-0.2, -0.15) is 0 Å². The molecule has 328 valence electrons. The third-order valence-corrected chi connectivity index (χ3v) is 15.7. The zero-order valence-corrected chi connectivity index (χ0v) is 39.2. The molecule has 0 spiro atoms. The van der Waals surface area contributed by atoms with Gasteiger partial charge in [0.2, 0.25) is 0 Å². The lowest BCUT2D eigenvalue weighted by Crippen LogP contribution is -2.49. The van der Waals surface area contributed by atoms with Crippen molar-refractivity contribution in [3.63, 3.8) is 0 Å². The van der Waals surface area contributed by atoms with Crippen LogP contribution in [-0.2, 0) is 6.42 Å². The molecule has 2 aromatic heterocycles. The van der Waals surface area contributed by atoms with Crippen molar-refractivity contribution >= 4 is 68.7 Å². The van der Waals surface area contributed by atoms with Crippen LogP contribution in [0.25, 0.3) is 16.1 Å². The molecule has 0 unspecified atom stereocenters. The second-order valence-corrected chi connectivity index (χ2v) is 19.9. The first kappa shape index (κ1) is 42.7. The first-order valence-electron chi connectivity index (χ1n) is 22.6. The molecule has 4 aliphatic rings. The molecule has 4 aromatic carbocycles. The topological polar surface area (TPSA) is 90.1 Å². The molecular formula is C52H53Cl2N7O2S. The Morgan fingerprint density at radius 2 is 1.45 bits per heavy atom. The van der Waals surface area contributed by atoms with Crippen molar-refractivity contribution in [2.24, 2.45) is 10.9 Å². The number of anilines is 2. The van der Waals surface area contributed by atoms with E-state index in [1.807, 2.05) is 31.2 Å². The zero-order chi connectivity index (χ0) is 44.2. The maximum Gasteiger partial charge on any atom is 0.335 e. The molecule has 64 heavy (non-hydrogen) atoms. The molecule has 12 heteroatoms. The summed E-state index contributed by atoms with van der Waals surface area (Å²) in [5.74, 6) is 1.59. The summed E-state index contributed by atoms with van der Waals surface area (Å²) in [4.78, 5) is 26.2. The normalized spacial score (nSPS) is 18.3. The Hall–Kier alpha value is -5.26. The molecule has 5 heterocycles. The SMILES string of the molecule is Cc1sc2c(c1C)C(c1ccc(N3CCC(CN4CCN(c5ccc(C6=C(c7ccc(Cl)cc7Cl)CCCc7cc(C(=O)O)ccc76)cc5)CC4)CC3)cc1)=N[C@@H](C)c1nnc(C)n1-2. The van der Waals surface area contributed by atoms with Crippen LogP contribution in [0.2, 0.25) is 10.0 Å². The molecule has 2 fully saturated rings. The van der Waals surface area contributed by atoms with Gasteiger partial charge in [-0.1, -0.05) is 59.6 Å². The van der Waals surface area contributed by atoms with Crippen molar-refractivity contribution in [3.8, 4) is 5.00 Å². The summed E-state index contributed by atoms with van der Waals surface area (Å²) in [6, 6.07) is 29.2. The van der Waals surface area contributed by atoms with Gasteiger partial charge in [0, 0.05) is 83.2 Å². The van der Waals surface area contributed by atoms with Crippen molar-refractivity contribution < 1.29 is 9.90 Å². The number of thiophene rings is 1. The minimum atomic E-state index is -0.908. The van der Waals surface area contributed by atoms with Gasteiger partial charge < -0.3 is 14.9 Å². The highest BCUT2D eigenvalue weighted by Gasteiger charge is 2.31. The maximum absolute atomic E-state index is 11.9. The number of rotatable bonds is 8. The molecule has 0 radical (unpaired) electrons. The second kappa shape index (κ2) is 17.6. The Labute approximate surface area is 389 Å². The van der Waals surface area contributed by atoms with Gasteiger partial charge in [-0.3, -0.25) is 14.5 Å². The molecule has 3 aliphatic heterocycles. The van der Waals surface area contributed by atoms with Crippen LogP contribution in [0, 0.1) is 26.7 Å². The fourth-order valence-corrected chi connectivity index (χ4v) is 12.1. The summed E-state index contributed by atoms with van der Waals surface area (Å²) >= 11 is 15.0. The van der Waals surface area contributed by atoms with Crippen LogP contribution in [0.5, 0.6) is 0 Å². The van der Waals surface area contributed by atoms with Gasteiger partial charge in [-0.15, -0.1) is 21.5 Å². The van der Waals surface area contributed by atoms with Crippen molar-refractivity contribution in [1.29, 1.82) is 0 Å². The Bertz CT molecular complexity index is 2810. The summed E-state index contributed by atoms with van der Waals surface area (Å²) in [6.07, 6.45) is 4.91. The highest BCUT2D eigenvalue weighted by atomic mass is 35.5. The van der Waals surface area contributed by atoms with Gasteiger partial charge in [-0.25, -0.2) is 4.79 Å². The van der Waals surface area contributed by atoms with E-state index in [2.05, 4.69) is 98.8 Å². The first-order chi connectivity index (χ1) is 31.0. The molecule has 9 nitrogen and oxygen atoms in total. The molecule has 0 amide bonds. The van der Waals surface area contributed by atoms with E-state index in [0.717, 1.165) is 121 Å². The van der Waals surface area contributed by atoms with Gasteiger partial charge >= 0.3 is 5.97 Å². The molecular weight excluding hydrogens is 858 g/mol. The third-order valence-electron chi connectivity index (χ3n) is 13.9. The van der Waals surface area contributed by atoms with Crippen LogP contribution in [0.4, 0.5) is 11.4 Å². The van der Waals surface area contributed by atoms with E-state index in [-0.39, 0.29) is 6.04 Å². The van der Waals surface area contributed by atoms with Gasteiger partial charge in [0.25, 0.3) is 0 Å². The lowest BCUT2D eigenvalue weighted by atomic mass is 9.87. The minimum Gasteiger partial charge on any atom is -0.478 e. The first-order valence-corrected chi connectivity index (χ1v) is 24.2. The number of fused-ring (bicyclic) bond motifs is 4. The Balaban J connectivity index is 0.774. The van der Waals surface area contributed by atoms with Gasteiger partial charge in [0.1, 0.15) is 16.9 Å². The summed E-state index contributed by atoms with van der Waals surface area (Å²) < 4.78 is 2.20. The maximum atomic E-state index is 11.9. The molecule has 2 saturated heterocycles. The van der Waals surface area contributed by atoms with E-state index in [1.165, 1.54) is 45.2 Å². The van der Waals surface area contributed by atoms with Crippen LogP contribution in [0.3, 0.4) is 0 Å². The van der Waals surface area contributed by atoms with Gasteiger partial charge in [0.05, 0.1) is 11.3 Å². The highest BCUT2D eigenvalue weighted by Crippen LogP contribution is 2.43. The van der Waals surface area contributed by atoms with E-state index >= 15 is 0 Å². The van der Waals surface area contributed by atoms with Crippen molar-refractivity contribution in [3.05, 3.63) is 156 Å². The third kappa shape index (κ3) is 8.08. The predicted octanol–water partition coefficient (Wildman–Crippen LogP) is 11.5. The number of nitrogens with zero attached hydrogens (tertiary/aromatic N) is 7. The summed E-state index contributed by atoms with van der Waals surface area (Å²) in [5.41, 5.74) is 14.0. The number of hydrogen-bond donors (Lipinski definition) is 1. The number of hydrogen-bond acceptors (Lipinski definition) is 8. The average molecular weight is 911 g/mol. The van der Waals surface area contributed by atoms with Crippen molar-refractivity contribution in [1.82, 2.24) is 19.7 Å². The van der Waals surface area contributed by atoms with E-state index < -0.39 is 5.97 Å². The number of carboxylic acid groups (broad SMARTS) is 1. The number of benzene rings is 4. The quantitative estimate of drug-likeness (QED) is 0.163. The summed E-state index contributed by atoms with van der Waals surface area (Å²) in [7, 11) is 0. The van der Waals surface area contributed by atoms with E-state index in [0.29, 0.717) is 21.5 Å². The fourth-order valence-electron chi connectivity index (χ4n) is 10.3. The monoisotopic (exact) mass is 909 g/mol. The Kier molecular flexibility index (Phi) is 11.7. The van der Waals surface area contributed by atoms with Crippen LogP contribution in [-0.4, -0.2) is 82.3 Å². The largest absolute Gasteiger partial charge is 0.478 e. The highest BCUT2D eigenvalue weighted by molar-refractivity contribution is 7.15. The lowest BCUT2D eigenvalue weighted by Gasteiger charge is -2.40. The van der Waals surface area contributed by atoms with Crippen LogP contribution < -0.4 is 9.80 Å². The second-order valence-electron chi connectivity index (χ2n) is 17.9. The Morgan fingerprint density at radius 1 is 0.781 bits per heavy atom. The predicted molar refractivity (Wildman–Crippen MR) is 263 cm³/mol. The number of carbonyl (C=O) groups is 1. The number of aromatic nitrogens is 3. The van der Waals surface area contributed by atoms with Crippen LogP contribution in [0.15, 0.2) is 89.9 Å². The number of piperazine rings is 1. The summed E-state index contributed by atoms with van der Waals surface area (Å²) in [6.45, 7) is 15.9. The fraction of sp³-hybridized carbons (Fsp3) is 0.346. The van der Waals surface area contributed by atoms with Crippen LogP contribution >= 0.6 is 34.5 Å². The molecule has 6 aromatic rings. The minimum absolute atomic E-state index is 0.0899. The van der Waals surface area contributed by atoms with Gasteiger partial charge in [-0.05, 0) is 153 Å². The Morgan fingerprint density at radius 3 is 2.14 bits per heavy atom. The molecule has 0 bridgehead atoms. The van der Waals surface area contributed by atoms with E-state index in [4.69, 9.17) is 28.2 Å². The number of allylic oxidation sites excluding steroid dienone is 1. The molecule has 1 aliphatic carbocycles. The number of aryl methyl sites for hydroxylation is 3. The smallest absolute Gasteiger partial charge is 0.335 e. The zero-order valence-electron chi connectivity index (χ0n) is 36.9. The average Bonchev–Trinajstić information content (AvgIpc) is 3.71. The van der Waals surface area contributed by atoms with Crippen molar-refractivity contribution in [2.75, 3.05) is 55.6 Å². The van der Waals surface area contributed by atoms with E-state index in [9.17, 15) is 9.90 Å². The number of aromatic carboxylic acids is 1. The van der Waals surface area contributed by atoms with Crippen LogP contribution in [0.1, 0.15) is 104 Å². The van der Waals surface area contributed by atoms with Crippen molar-refractivity contribution in [2.45, 2.75) is 65.8 Å². The molecule has 1 atom stereocenters. The lowest BCUT2D eigenvalue weighted by molar-refractivity contribution is 0.0696. The number of aliphatic imine (C=N–C) groups is 1. The van der Waals surface area contributed by atoms with E-state index in [1.54, 1.807) is 23.5 Å².